The number of hydrogen-bond acceptors (Lipinski definition) is 3. The van der Waals surface area contributed by atoms with E-state index in [0.29, 0.717) is 0 Å². The number of rotatable bonds is 4. The number of likely N-dealkylation sites (N-methyl/N-ethyl adjacent to an activating group) is 1. The third-order valence-corrected chi connectivity index (χ3v) is 3.41. The van der Waals surface area contributed by atoms with Crippen LogP contribution in [0.1, 0.15) is 40.2 Å². The number of benzene rings is 1. The van der Waals surface area contributed by atoms with Crippen LogP contribution in [0.3, 0.4) is 0 Å². The van der Waals surface area contributed by atoms with E-state index < -0.39 is 23.2 Å². The van der Waals surface area contributed by atoms with E-state index in [0.717, 1.165) is 5.56 Å². The molecule has 22 heavy (non-hydrogen) atoms. The molecule has 1 rings (SSSR count). The molecule has 5 heteroatoms. The average Bonchev–Trinajstić information content (AvgIpc) is 2.43. The minimum Gasteiger partial charge on any atom is -0.444 e. The summed E-state index contributed by atoms with van der Waals surface area (Å²) in [6.45, 7) is 9.18. The van der Waals surface area contributed by atoms with Crippen molar-refractivity contribution in [3.8, 4) is 0 Å². The highest BCUT2D eigenvalue weighted by molar-refractivity contribution is 5.87. The van der Waals surface area contributed by atoms with Crippen LogP contribution in [0.4, 0.5) is 4.79 Å². The third-order valence-electron chi connectivity index (χ3n) is 3.41. The number of alkyl carbamates (subject to hydrolysis) is 1. The Bertz CT molecular complexity index is 518. The molecule has 0 aliphatic heterocycles. The molecule has 2 N–H and O–H groups in total. The SMILES string of the molecule is CNC(=O)[C@@H](NC(=O)OC(C)(C)C)C(C)(C)c1ccccc1. The molecule has 0 saturated heterocycles. The van der Waals surface area contributed by atoms with Crippen LogP contribution in [0.2, 0.25) is 0 Å². The van der Waals surface area contributed by atoms with Crippen molar-refractivity contribution in [3.05, 3.63) is 35.9 Å². The maximum Gasteiger partial charge on any atom is 0.408 e. The Morgan fingerprint density at radius 3 is 2.05 bits per heavy atom. The molecule has 0 aromatic heterocycles. The molecule has 5 nitrogen and oxygen atoms in total. The number of amides is 2. The Balaban J connectivity index is 3.03. The molecule has 0 heterocycles. The van der Waals surface area contributed by atoms with Gasteiger partial charge in [-0.25, -0.2) is 4.79 Å². The molecule has 0 aliphatic carbocycles. The number of hydrogen-bond donors (Lipinski definition) is 2. The molecule has 0 bridgehead atoms. The van der Waals surface area contributed by atoms with Gasteiger partial charge in [0.15, 0.2) is 0 Å². The van der Waals surface area contributed by atoms with Gasteiger partial charge in [0.25, 0.3) is 0 Å². The zero-order valence-electron chi connectivity index (χ0n) is 14.2. The van der Waals surface area contributed by atoms with Crippen LogP contribution in [0.15, 0.2) is 30.3 Å². The van der Waals surface area contributed by atoms with Gasteiger partial charge in [-0.1, -0.05) is 44.2 Å². The zero-order valence-corrected chi connectivity index (χ0v) is 14.2. The molecule has 0 aliphatic rings. The highest BCUT2D eigenvalue weighted by Gasteiger charge is 2.38. The summed E-state index contributed by atoms with van der Waals surface area (Å²) in [6.07, 6.45) is -0.606. The third kappa shape index (κ3) is 4.76. The lowest BCUT2D eigenvalue weighted by Crippen LogP contribution is -2.56. The van der Waals surface area contributed by atoms with Crippen LogP contribution in [0.25, 0.3) is 0 Å². The van der Waals surface area contributed by atoms with Crippen LogP contribution >= 0.6 is 0 Å². The van der Waals surface area contributed by atoms with Gasteiger partial charge in [0.2, 0.25) is 5.91 Å². The van der Waals surface area contributed by atoms with Gasteiger partial charge in [0.1, 0.15) is 11.6 Å². The summed E-state index contributed by atoms with van der Waals surface area (Å²) in [5.41, 5.74) is -0.244. The van der Waals surface area contributed by atoms with E-state index in [4.69, 9.17) is 4.74 Å². The van der Waals surface area contributed by atoms with E-state index in [1.807, 2.05) is 44.2 Å². The molecule has 0 spiro atoms. The van der Waals surface area contributed by atoms with Crippen molar-refractivity contribution in [2.45, 2.75) is 51.7 Å². The van der Waals surface area contributed by atoms with Gasteiger partial charge < -0.3 is 15.4 Å². The van der Waals surface area contributed by atoms with Crippen LogP contribution in [-0.2, 0) is 14.9 Å². The molecule has 122 valence electrons. The highest BCUT2D eigenvalue weighted by atomic mass is 16.6. The van der Waals surface area contributed by atoms with E-state index in [-0.39, 0.29) is 5.91 Å². The lowest BCUT2D eigenvalue weighted by Gasteiger charge is -2.34. The first kappa shape index (κ1) is 18.0. The minimum absolute atomic E-state index is 0.264. The lowest BCUT2D eigenvalue weighted by atomic mass is 9.77. The van der Waals surface area contributed by atoms with E-state index >= 15 is 0 Å². The molecule has 1 aromatic carbocycles. The first-order valence-electron chi connectivity index (χ1n) is 7.34. The Morgan fingerprint density at radius 2 is 1.59 bits per heavy atom. The zero-order chi connectivity index (χ0) is 17.0. The number of carbonyl (C=O) groups is 2. The van der Waals surface area contributed by atoms with E-state index in [2.05, 4.69) is 10.6 Å². The second kappa shape index (κ2) is 6.81. The molecule has 0 radical (unpaired) electrons. The monoisotopic (exact) mass is 306 g/mol. The lowest BCUT2D eigenvalue weighted by molar-refractivity contribution is -0.124. The fourth-order valence-electron chi connectivity index (χ4n) is 2.18. The summed E-state index contributed by atoms with van der Waals surface area (Å²) in [5.74, 6) is -0.264. The van der Waals surface area contributed by atoms with Crippen LogP contribution in [0, 0.1) is 0 Å². The Labute approximate surface area is 132 Å². The molecule has 0 saturated carbocycles. The fraction of sp³-hybridized carbons (Fsp3) is 0.529. The van der Waals surface area contributed by atoms with Gasteiger partial charge in [0, 0.05) is 12.5 Å². The van der Waals surface area contributed by atoms with Crippen LogP contribution in [0.5, 0.6) is 0 Å². The van der Waals surface area contributed by atoms with Crippen molar-refractivity contribution >= 4 is 12.0 Å². The van der Waals surface area contributed by atoms with Crippen molar-refractivity contribution < 1.29 is 14.3 Å². The first-order valence-corrected chi connectivity index (χ1v) is 7.34. The highest BCUT2D eigenvalue weighted by Crippen LogP contribution is 2.27. The summed E-state index contributed by atoms with van der Waals surface area (Å²) in [5, 5.41) is 5.29. The predicted molar refractivity (Wildman–Crippen MR) is 86.7 cm³/mol. The Morgan fingerprint density at radius 1 is 1.05 bits per heavy atom. The summed E-state index contributed by atoms with van der Waals surface area (Å²) >= 11 is 0. The van der Waals surface area contributed by atoms with Gasteiger partial charge in [0.05, 0.1) is 0 Å². The van der Waals surface area contributed by atoms with E-state index in [1.54, 1.807) is 27.8 Å². The molecule has 1 aromatic rings. The Hall–Kier alpha value is -2.04. The maximum atomic E-state index is 12.3. The molecule has 1 atom stereocenters. The molecule has 0 fully saturated rings. The van der Waals surface area contributed by atoms with Crippen molar-refractivity contribution in [1.29, 1.82) is 0 Å². The predicted octanol–water partition coefficient (Wildman–Crippen LogP) is 2.60. The largest absolute Gasteiger partial charge is 0.444 e. The number of nitrogens with one attached hydrogen (secondary N) is 2. The van der Waals surface area contributed by atoms with E-state index in [1.165, 1.54) is 0 Å². The maximum absolute atomic E-state index is 12.3. The standard InChI is InChI=1S/C17H26N2O3/c1-16(2,3)22-15(21)19-13(14(20)18-6)17(4,5)12-10-8-7-9-11-12/h7-11,13H,1-6H3,(H,18,20)(H,19,21)/t13-/m1/s1. The van der Waals surface area contributed by atoms with Gasteiger partial charge >= 0.3 is 6.09 Å². The molecule has 2 amide bonds. The topological polar surface area (TPSA) is 67.4 Å². The number of carbonyl (C=O) groups excluding carboxylic acids is 2. The van der Waals surface area contributed by atoms with Crippen LogP contribution < -0.4 is 10.6 Å². The summed E-state index contributed by atoms with van der Waals surface area (Å²) in [6, 6.07) is 8.86. The van der Waals surface area contributed by atoms with Gasteiger partial charge in [-0.2, -0.15) is 0 Å². The fourth-order valence-corrected chi connectivity index (χ4v) is 2.18. The average molecular weight is 306 g/mol. The van der Waals surface area contributed by atoms with Gasteiger partial charge in [-0.05, 0) is 26.3 Å². The second-order valence-corrected chi connectivity index (χ2v) is 6.78. The Kier molecular flexibility index (Phi) is 5.58. The first-order chi connectivity index (χ1) is 10.1. The quantitative estimate of drug-likeness (QED) is 0.898. The molecule has 0 unspecified atom stereocenters. The smallest absolute Gasteiger partial charge is 0.408 e. The van der Waals surface area contributed by atoms with Crippen molar-refractivity contribution in [2.75, 3.05) is 7.05 Å². The normalized spacial score (nSPS) is 13.2. The minimum atomic E-state index is -0.741. The summed E-state index contributed by atoms with van der Waals surface area (Å²) in [7, 11) is 1.55. The second-order valence-electron chi connectivity index (χ2n) is 6.78. The number of ether oxygens (including phenoxy) is 1. The molecular weight excluding hydrogens is 280 g/mol. The van der Waals surface area contributed by atoms with Crippen molar-refractivity contribution in [3.63, 3.8) is 0 Å². The summed E-state index contributed by atoms with van der Waals surface area (Å²) < 4.78 is 5.26. The van der Waals surface area contributed by atoms with Crippen molar-refractivity contribution in [1.82, 2.24) is 10.6 Å². The summed E-state index contributed by atoms with van der Waals surface area (Å²) in [4.78, 5) is 24.3. The molecular formula is C17H26N2O3. The van der Waals surface area contributed by atoms with Crippen molar-refractivity contribution in [2.24, 2.45) is 0 Å². The van der Waals surface area contributed by atoms with Gasteiger partial charge in [-0.15, -0.1) is 0 Å². The van der Waals surface area contributed by atoms with E-state index in [9.17, 15) is 9.59 Å². The van der Waals surface area contributed by atoms with Crippen LogP contribution in [-0.4, -0.2) is 30.7 Å². The van der Waals surface area contributed by atoms with Gasteiger partial charge in [-0.3, -0.25) is 4.79 Å².